The summed E-state index contributed by atoms with van der Waals surface area (Å²) in [5.41, 5.74) is 6.62. The predicted molar refractivity (Wildman–Crippen MR) is 126 cm³/mol. The first kappa shape index (κ1) is 23.6. The number of hydrogen-bond acceptors (Lipinski definition) is 2. The van der Waals surface area contributed by atoms with E-state index >= 15 is 0 Å². The molecule has 0 unspecified atom stereocenters. The first-order valence-electron chi connectivity index (χ1n) is 11.7. The third-order valence-corrected chi connectivity index (χ3v) is 5.60. The molecule has 2 N–H and O–H groups in total. The third-order valence-electron chi connectivity index (χ3n) is 5.60. The number of hydrogen-bond donors (Lipinski definition) is 2. The molecule has 0 amide bonds. The average molecular weight is 396 g/mol. The molecule has 2 rings (SSSR count). The van der Waals surface area contributed by atoms with Gasteiger partial charge in [0.15, 0.2) is 0 Å². The van der Waals surface area contributed by atoms with Gasteiger partial charge in [-0.05, 0) is 49.9 Å². The van der Waals surface area contributed by atoms with Crippen LogP contribution < -0.4 is 5.32 Å². The van der Waals surface area contributed by atoms with Gasteiger partial charge in [-0.15, -0.1) is 0 Å². The topological polar surface area (TPSA) is 32.3 Å². The molecule has 2 heteroatoms. The summed E-state index contributed by atoms with van der Waals surface area (Å²) in [6.07, 6.45) is 12.9. The van der Waals surface area contributed by atoms with E-state index in [1.165, 1.54) is 85.6 Å². The summed E-state index contributed by atoms with van der Waals surface area (Å²) in [5.74, 6) is 0. The molecule has 0 radical (unpaired) electrons. The zero-order valence-electron chi connectivity index (χ0n) is 18.7. The summed E-state index contributed by atoms with van der Waals surface area (Å²) in [6.45, 7) is 6.75. The molecule has 2 nitrogen and oxygen atoms in total. The van der Waals surface area contributed by atoms with Crippen LogP contribution in [0.5, 0.6) is 0 Å². The SMILES string of the molecule is Cc1cc(C)cc(-c2ccc(CNCCCCCCCCCCCCO)cc2)c1. The minimum Gasteiger partial charge on any atom is -0.396 e. The highest BCUT2D eigenvalue weighted by molar-refractivity contribution is 5.65. The third kappa shape index (κ3) is 10.1. The molecule has 0 aliphatic carbocycles. The fourth-order valence-electron chi connectivity index (χ4n) is 3.97. The molecular weight excluding hydrogens is 354 g/mol. The maximum atomic E-state index is 8.76. The Kier molecular flexibility index (Phi) is 11.7. The predicted octanol–water partition coefficient (Wildman–Crippen LogP) is 6.95. The molecule has 0 saturated heterocycles. The number of aryl methyl sites for hydroxylation is 2. The zero-order valence-corrected chi connectivity index (χ0v) is 18.7. The normalized spacial score (nSPS) is 11.1. The lowest BCUT2D eigenvalue weighted by atomic mass is 10.00. The highest BCUT2D eigenvalue weighted by Crippen LogP contribution is 2.22. The lowest BCUT2D eigenvalue weighted by molar-refractivity contribution is 0.282. The van der Waals surface area contributed by atoms with Gasteiger partial charge in [-0.2, -0.15) is 0 Å². The number of aliphatic hydroxyl groups excluding tert-OH is 1. The molecule has 0 aliphatic rings. The smallest absolute Gasteiger partial charge is 0.0431 e. The van der Waals surface area contributed by atoms with Gasteiger partial charge in [-0.1, -0.05) is 105 Å². The van der Waals surface area contributed by atoms with E-state index in [4.69, 9.17) is 5.11 Å². The van der Waals surface area contributed by atoms with Crippen LogP contribution in [0.3, 0.4) is 0 Å². The van der Waals surface area contributed by atoms with Gasteiger partial charge in [0, 0.05) is 13.2 Å². The van der Waals surface area contributed by atoms with Crippen molar-refractivity contribution in [3.05, 3.63) is 59.2 Å². The number of unbranched alkanes of at least 4 members (excludes halogenated alkanes) is 9. The van der Waals surface area contributed by atoms with E-state index in [0.29, 0.717) is 6.61 Å². The van der Waals surface area contributed by atoms with Gasteiger partial charge in [-0.25, -0.2) is 0 Å². The molecule has 0 aliphatic heterocycles. The summed E-state index contributed by atoms with van der Waals surface area (Å²) in [6, 6.07) is 15.7. The van der Waals surface area contributed by atoms with Gasteiger partial charge in [0.05, 0.1) is 0 Å². The Labute approximate surface area is 178 Å². The number of benzene rings is 2. The minimum absolute atomic E-state index is 0.354. The zero-order chi connectivity index (χ0) is 20.7. The summed E-state index contributed by atoms with van der Waals surface area (Å²) in [7, 11) is 0. The van der Waals surface area contributed by atoms with Gasteiger partial charge in [-0.3, -0.25) is 0 Å². The van der Waals surface area contributed by atoms with E-state index < -0.39 is 0 Å². The molecule has 160 valence electrons. The Bertz CT molecular complexity index is 657. The van der Waals surface area contributed by atoms with Gasteiger partial charge in [0.25, 0.3) is 0 Å². The standard InChI is InChI=1S/C27H41NO/c1-23-19-24(2)21-27(20-23)26-15-13-25(14-16-26)22-28-17-11-9-7-5-3-4-6-8-10-12-18-29/h13-16,19-21,28-29H,3-12,17-18,22H2,1-2H3. The molecule has 0 aromatic heterocycles. The van der Waals surface area contributed by atoms with Crippen LogP contribution in [0.4, 0.5) is 0 Å². The quantitative estimate of drug-likeness (QED) is 0.320. The second-order valence-electron chi connectivity index (χ2n) is 8.51. The molecule has 0 atom stereocenters. The largest absolute Gasteiger partial charge is 0.396 e. The molecule has 0 saturated carbocycles. The summed E-state index contributed by atoms with van der Waals surface area (Å²) in [4.78, 5) is 0. The second-order valence-corrected chi connectivity index (χ2v) is 8.51. The first-order chi connectivity index (χ1) is 14.2. The fourth-order valence-corrected chi connectivity index (χ4v) is 3.97. The van der Waals surface area contributed by atoms with Crippen molar-refractivity contribution in [1.82, 2.24) is 5.32 Å². The molecular formula is C27H41NO. The monoisotopic (exact) mass is 395 g/mol. The van der Waals surface area contributed by atoms with Crippen molar-refractivity contribution in [1.29, 1.82) is 0 Å². The van der Waals surface area contributed by atoms with Crippen LogP contribution in [0.15, 0.2) is 42.5 Å². The lowest BCUT2D eigenvalue weighted by Crippen LogP contribution is -2.14. The van der Waals surface area contributed by atoms with Crippen molar-refractivity contribution in [3.8, 4) is 11.1 Å². The molecule has 29 heavy (non-hydrogen) atoms. The number of aliphatic hydroxyl groups is 1. The van der Waals surface area contributed by atoms with Crippen LogP contribution in [0.25, 0.3) is 11.1 Å². The molecule has 0 heterocycles. The fraction of sp³-hybridized carbons (Fsp3) is 0.556. The maximum Gasteiger partial charge on any atom is 0.0431 e. The molecule has 0 fully saturated rings. The Balaban J connectivity index is 1.51. The van der Waals surface area contributed by atoms with E-state index in [-0.39, 0.29) is 0 Å². The molecule has 2 aromatic carbocycles. The van der Waals surface area contributed by atoms with Crippen molar-refractivity contribution >= 4 is 0 Å². The van der Waals surface area contributed by atoms with Crippen molar-refractivity contribution in [2.75, 3.05) is 13.2 Å². The Morgan fingerprint density at radius 3 is 1.69 bits per heavy atom. The number of rotatable bonds is 15. The van der Waals surface area contributed by atoms with Crippen LogP contribution in [0.2, 0.25) is 0 Å². The highest BCUT2D eigenvalue weighted by Gasteiger charge is 2.01. The van der Waals surface area contributed by atoms with Gasteiger partial charge in [0.2, 0.25) is 0 Å². The highest BCUT2D eigenvalue weighted by atomic mass is 16.2. The first-order valence-corrected chi connectivity index (χ1v) is 11.7. The van der Waals surface area contributed by atoms with E-state index in [2.05, 4.69) is 61.6 Å². The molecule has 0 bridgehead atoms. The van der Waals surface area contributed by atoms with Crippen LogP contribution >= 0.6 is 0 Å². The lowest BCUT2D eigenvalue weighted by Gasteiger charge is -2.08. The summed E-state index contributed by atoms with van der Waals surface area (Å²) in [5, 5.41) is 12.3. The maximum absolute atomic E-state index is 8.76. The van der Waals surface area contributed by atoms with E-state index in [1.807, 2.05) is 0 Å². The second kappa shape index (κ2) is 14.4. The molecule has 2 aromatic rings. The van der Waals surface area contributed by atoms with Crippen molar-refractivity contribution < 1.29 is 5.11 Å². The van der Waals surface area contributed by atoms with Crippen LogP contribution in [0, 0.1) is 13.8 Å². The van der Waals surface area contributed by atoms with Crippen molar-refractivity contribution in [2.24, 2.45) is 0 Å². The van der Waals surface area contributed by atoms with E-state index in [9.17, 15) is 0 Å². The number of nitrogens with one attached hydrogen (secondary N) is 1. The van der Waals surface area contributed by atoms with E-state index in [0.717, 1.165) is 19.5 Å². The molecule has 0 spiro atoms. The van der Waals surface area contributed by atoms with Crippen LogP contribution in [-0.4, -0.2) is 18.3 Å². The van der Waals surface area contributed by atoms with Gasteiger partial charge < -0.3 is 10.4 Å². The summed E-state index contributed by atoms with van der Waals surface area (Å²) < 4.78 is 0. The van der Waals surface area contributed by atoms with Gasteiger partial charge >= 0.3 is 0 Å². The van der Waals surface area contributed by atoms with Crippen molar-refractivity contribution in [3.63, 3.8) is 0 Å². The Morgan fingerprint density at radius 2 is 1.14 bits per heavy atom. The van der Waals surface area contributed by atoms with E-state index in [1.54, 1.807) is 0 Å². The Hall–Kier alpha value is -1.64. The Morgan fingerprint density at radius 1 is 0.621 bits per heavy atom. The van der Waals surface area contributed by atoms with Crippen LogP contribution in [0.1, 0.15) is 80.9 Å². The van der Waals surface area contributed by atoms with Crippen LogP contribution in [-0.2, 0) is 6.54 Å². The summed E-state index contributed by atoms with van der Waals surface area (Å²) >= 11 is 0. The average Bonchev–Trinajstić information content (AvgIpc) is 2.71. The minimum atomic E-state index is 0.354. The van der Waals surface area contributed by atoms with Crippen molar-refractivity contribution in [2.45, 2.75) is 84.6 Å². The van der Waals surface area contributed by atoms with Gasteiger partial charge in [0.1, 0.15) is 0 Å².